The second-order valence-electron chi connectivity index (χ2n) is 10.1. The van der Waals surface area contributed by atoms with E-state index in [1.165, 1.54) is 44.8 Å². The van der Waals surface area contributed by atoms with Crippen molar-refractivity contribution in [3.8, 4) is 0 Å². The Morgan fingerprint density at radius 1 is 1.00 bits per heavy atom. The van der Waals surface area contributed by atoms with Crippen molar-refractivity contribution >= 4 is 12.0 Å². The molecule has 5 heteroatoms. The minimum Gasteiger partial charge on any atom is -0.469 e. The van der Waals surface area contributed by atoms with Crippen molar-refractivity contribution < 1.29 is 19.2 Å². The summed E-state index contributed by atoms with van der Waals surface area (Å²) in [6, 6.07) is 8.58. The van der Waals surface area contributed by atoms with Gasteiger partial charge >= 0.3 is 5.97 Å². The molecule has 0 aliphatic carbocycles. The Labute approximate surface area is 219 Å². The SMILES string of the molecule is C=Cc1ccc(C[n+]2ccn(C(CCCCCCCC(=O)OC)C(O)CCCCCCCC)c2)cc1. The summed E-state index contributed by atoms with van der Waals surface area (Å²) in [6.45, 7) is 6.88. The number of unbranched alkanes of at least 4 members (excludes halogenated alkanes) is 9. The number of aliphatic hydroxyl groups excluding tert-OH is 1. The highest BCUT2D eigenvalue weighted by molar-refractivity contribution is 5.68. The first kappa shape index (κ1) is 29.8. The molecule has 0 radical (unpaired) electrons. The van der Waals surface area contributed by atoms with E-state index in [1.807, 2.05) is 6.08 Å². The lowest BCUT2D eigenvalue weighted by Gasteiger charge is -2.20. The largest absolute Gasteiger partial charge is 0.469 e. The predicted molar refractivity (Wildman–Crippen MR) is 148 cm³/mol. The monoisotopic (exact) mass is 497 g/mol. The van der Waals surface area contributed by atoms with Crippen LogP contribution in [0.15, 0.2) is 49.6 Å². The van der Waals surface area contributed by atoms with Crippen LogP contribution in [-0.4, -0.2) is 28.9 Å². The minimum atomic E-state index is -0.330. The van der Waals surface area contributed by atoms with Crippen LogP contribution in [-0.2, 0) is 16.1 Å². The number of hydrogen-bond acceptors (Lipinski definition) is 3. The zero-order valence-electron chi connectivity index (χ0n) is 22.7. The minimum absolute atomic E-state index is 0.0973. The van der Waals surface area contributed by atoms with Gasteiger partial charge in [0.15, 0.2) is 0 Å². The molecule has 2 atom stereocenters. The molecule has 0 aliphatic rings. The van der Waals surface area contributed by atoms with Gasteiger partial charge < -0.3 is 9.84 Å². The molecule has 0 bridgehead atoms. The fourth-order valence-electron chi connectivity index (χ4n) is 4.79. The van der Waals surface area contributed by atoms with Crippen molar-refractivity contribution in [3.63, 3.8) is 0 Å². The molecule has 1 N–H and O–H groups in total. The van der Waals surface area contributed by atoms with E-state index in [1.54, 1.807) is 0 Å². The fourth-order valence-corrected chi connectivity index (χ4v) is 4.79. The van der Waals surface area contributed by atoms with Crippen molar-refractivity contribution in [1.82, 2.24) is 4.57 Å². The number of benzene rings is 1. The first-order chi connectivity index (χ1) is 17.6. The first-order valence-corrected chi connectivity index (χ1v) is 14.1. The molecule has 0 spiro atoms. The van der Waals surface area contributed by atoms with Gasteiger partial charge in [0, 0.05) is 6.42 Å². The van der Waals surface area contributed by atoms with E-state index in [0.717, 1.165) is 63.5 Å². The Morgan fingerprint density at radius 2 is 1.64 bits per heavy atom. The van der Waals surface area contributed by atoms with Crippen LogP contribution in [0.2, 0.25) is 0 Å². The van der Waals surface area contributed by atoms with Crippen LogP contribution in [0.4, 0.5) is 0 Å². The third-order valence-corrected chi connectivity index (χ3v) is 7.08. The van der Waals surface area contributed by atoms with Crippen molar-refractivity contribution in [2.24, 2.45) is 0 Å². The van der Waals surface area contributed by atoms with Gasteiger partial charge in [0.25, 0.3) is 0 Å². The lowest BCUT2D eigenvalue weighted by molar-refractivity contribution is -0.688. The van der Waals surface area contributed by atoms with Gasteiger partial charge in [-0.15, -0.1) is 0 Å². The lowest BCUT2D eigenvalue weighted by atomic mass is 9.97. The van der Waals surface area contributed by atoms with Gasteiger partial charge in [-0.1, -0.05) is 102 Å². The normalized spacial score (nSPS) is 12.9. The topological polar surface area (TPSA) is 55.3 Å². The molecule has 0 saturated carbocycles. The van der Waals surface area contributed by atoms with Gasteiger partial charge in [0.2, 0.25) is 6.33 Å². The molecule has 36 heavy (non-hydrogen) atoms. The molecule has 2 rings (SSSR count). The number of nitrogens with zero attached hydrogens (tertiary/aromatic N) is 2. The van der Waals surface area contributed by atoms with Gasteiger partial charge in [-0.2, -0.15) is 0 Å². The van der Waals surface area contributed by atoms with Crippen LogP contribution in [0.1, 0.15) is 114 Å². The van der Waals surface area contributed by atoms with Gasteiger partial charge in [-0.05, 0) is 36.8 Å². The summed E-state index contributed by atoms with van der Waals surface area (Å²) >= 11 is 0. The van der Waals surface area contributed by atoms with Crippen LogP contribution in [0.25, 0.3) is 6.08 Å². The lowest BCUT2D eigenvalue weighted by Crippen LogP contribution is -2.33. The zero-order valence-corrected chi connectivity index (χ0v) is 22.7. The van der Waals surface area contributed by atoms with Crippen molar-refractivity contribution in [1.29, 1.82) is 0 Å². The van der Waals surface area contributed by atoms with E-state index in [0.29, 0.717) is 6.42 Å². The highest BCUT2D eigenvalue weighted by Crippen LogP contribution is 2.24. The Morgan fingerprint density at radius 3 is 2.31 bits per heavy atom. The summed E-state index contributed by atoms with van der Waals surface area (Å²) in [5.74, 6) is -0.120. The summed E-state index contributed by atoms with van der Waals surface area (Å²) in [7, 11) is 1.45. The van der Waals surface area contributed by atoms with Crippen molar-refractivity contribution in [2.45, 2.75) is 116 Å². The Kier molecular flexibility index (Phi) is 14.9. The van der Waals surface area contributed by atoms with Crippen molar-refractivity contribution in [3.05, 3.63) is 60.7 Å². The molecule has 1 aromatic carbocycles. The molecule has 200 valence electrons. The maximum atomic E-state index is 11.3. The van der Waals surface area contributed by atoms with Crippen LogP contribution >= 0.6 is 0 Å². The molecule has 2 aromatic rings. The number of carbonyl (C=O) groups excluding carboxylic acids is 1. The smallest absolute Gasteiger partial charge is 0.305 e. The summed E-state index contributed by atoms with van der Waals surface area (Å²) < 4.78 is 9.13. The molecule has 0 fully saturated rings. The number of methoxy groups -OCH3 is 1. The second kappa shape index (κ2) is 17.9. The standard InChI is InChI=1S/C31H49N2O3/c1-4-6-7-8-11-14-17-30(34)29(16-13-10-9-12-15-18-31(35)36-3)33-24-23-32(26-33)25-28-21-19-27(5-2)20-22-28/h5,19-24,26,29-30,34H,2,4,6-18,25H2,1,3H3/q+1. The molecule has 0 aliphatic heterocycles. The van der Waals surface area contributed by atoms with E-state index >= 15 is 0 Å². The predicted octanol–water partition coefficient (Wildman–Crippen LogP) is 7.02. The number of imidazole rings is 1. The Hall–Kier alpha value is -2.40. The van der Waals surface area contributed by atoms with E-state index in [4.69, 9.17) is 4.74 Å². The van der Waals surface area contributed by atoms with Gasteiger partial charge in [0.1, 0.15) is 25.0 Å². The summed E-state index contributed by atoms with van der Waals surface area (Å²) in [6.07, 6.45) is 22.9. The van der Waals surface area contributed by atoms with Crippen LogP contribution in [0.5, 0.6) is 0 Å². The third-order valence-electron chi connectivity index (χ3n) is 7.08. The van der Waals surface area contributed by atoms with Crippen LogP contribution in [0, 0.1) is 0 Å². The number of aromatic nitrogens is 2. The molecule has 0 saturated heterocycles. The number of esters is 1. The van der Waals surface area contributed by atoms with E-state index < -0.39 is 0 Å². The maximum absolute atomic E-state index is 11.3. The van der Waals surface area contributed by atoms with E-state index in [2.05, 4.69) is 65.6 Å². The maximum Gasteiger partial charge on any atom is 0.305 e. The number of aliphatic hydroxyl groups is 1. The molecule has 1 heterocycles. The quantitative estimate of drug-likeness (QED) is 0.121. The number of hydrogen-bond donors (Lipinski definition) is 1. The molecular formula is C31H49N2O3+. The number of rotatable bonds is 20. The molecule has 0 amide bonds. The second-order valence-corrected chi connectivity index (χ2v) is 10.1. The van der Waals surface area contributed by atoms with Gasteiger partial charge in [-0.25, -0.2) is 9.13 Å². The van der Waals surface area contributed by atoms with Crippen molar-refractivity contribution in [2.75, 3.05) is 7.11 Å². The third kappa shape index (κ3) is 11.6. The summed E-state index contributed by atoms with van der Waals surface area (Å²) in [4.78, 5) is 11.3. The summed E-state index contributed by atoms with van der Waals surface area (Å²) in [5.41, 5.74) is 2.38. The molecule has 5 nitrogen and oxygen atoms in total. The average Bonchev–Trinajstić information content (AvgIpc) is 3.35. The Balaban J connectivity index is 1.90. The van der Waals surface area contributed by atoms with E-state index in [9.17, 15) is 9.90 Å². The zero-order chi connectivity index (χ0) is 26.0. The number of ether oxygens (including phenoxy) is 1. The Bertz CT molecular complexity index is 859. The van der Waals surface area contributed by atoms with Gasteiger partial charge in [0.05, 0.1) is 13.2 Å². The van der Waals surface area contributed by atoms with Crippen LogP contribution < -0.4 is 4.57 Å². The average molecular weight is 498 g/mol. The summed E-state index contributed by atoms with van der Waals surface area (Å²) in [5, 5.41) is 11.2. The fraction of sp³-hybridized carbons (Fsp3) is 0.613. The molecular weight excluding hydrogens is 448 g/mol. The van der Waals surface area contributed by atoms with E-state index in [-0.39, 0.29) is 18.1 Å². The molecule has 2 unspecified atom stereocenters. The molecule has 1 aromatic heterocycles. The highest BCUT2D eigenvalue weighted by Gasteiger charge is 2.25. The van der Waals surface area contributed by atoms with Gasteiger partial charge in [-0.3, -0.25) is 4.79 Å². The van der Waals surface area contributed by atoms with Crippen LogP contribution in [0.3, 0.4) is 0 Å². The highest BCUT2D eigenvalue weighted by atomic mass is 16.5. The number of carbonyl (C=O) groups is 1. The first-order valence-electron chi connectivity index (χ1n) is 14.1.